The number of carbonyl (C=O) groups is 1. The average molecular weight is 344 g/mol. The second-order valence-electron chi connectivity index (χ2n) is 5.67. The highest BCUT2D eigenvalue weighted by atomic mass is 16.5. The fraction of sp³-hybridized carbons (Fsp3) is 0.278. The predicted molar refractivity (Wildman–Crippen MR) is 92.0 cm³/mol. The van der Waals surface area contributed by atoms with Crippen molar-refractivity contribution in [3.8, 4) is 17.2 Å². The maximum atomic E-state index is 12.9. The van der Waals surface area contributed by atoms with Gasteiger partial charge >= 0.3 is 0 Å². The van der Waals surface area contributed by atoms with Crippen LogP contribution < -0.4 is 10.1 Å². The van der Waals surface area contributed by atoms with Crippen LogP contribution in [0.15, 0.2) is 36.4 Å². The van der Waals surface area contributed by atoms with Crippen molar-refractivity contribution in [1.29, 1.82) is 0 Å². The Hall–Kier alpha value is -2.93. The molecule has 1 aliphatic rings. The lowest BCUT2D eigenvalue weighted by atomic mass is 10.0. The predicted octanol–water partition coefficient (Wildman–Crippen LogP) is 2.32. The highest BCUT2D eigenvalue weighted by molar-refractivity contribution is 6.01. The number of amides is 1. The molecule has 2 aromatic carbocycles. The maximum absolute atomic E-state index is 12.9. The molecule has 1 atom stereocenters. The van der Waals surface area contributed by atoms with E-state index in [9.17, 15) is 15.0 Å². The third-order valence-electron chi connectivity index (χ3n) is 4.17. The van der Waals surface area contributed by atoms with Gasteiger partial charge in [0.05, 0.1) is 19.3 Å². The van der Waals surface area contributed by atoms with Gasteiger partial charge < -0.3 is 29.9 Å². The molecule has 2 aromatic rings. The molecule has 0 saturated heterocycles. The molecule has 0 bridgehead atoms. The summed E-state index contributed by atoms with van der Waals surface area (Å²) >= 11 is 0. The second kappa shape index (κ2) is 6.90. The van der Waals surface area contributed by atoms with E-state index < -0.39 is 6.17 Å². The molecule has 3 rings (SSSR count). The third-order valence-corrected chi connectivity index (χ3v) is 4.17. The van der Waals surface area contributed by atoms with Crippen molar-refractivity contribution in [3.63, 3.8) is 0 Å². The number of anilines is 1. The quantitative estimate of drug-likeness (QED) is 0.721. The fourth-order valence-corrected chi connectivity index (χ4v) is 2.90. The van der Waals surface area contributed by atoms with E-state index in [-0.39, 0.29) is 23.2 Å². The summed E-state index contributed by atoms with van der Waals surface area (Å²) in [6.07, 6.45) is -0.530. The van der Waals surface area contributed by atoms with Crippen LogP contribution in [0, 0.1) is 0 Å². The van der Waals surface area contributed by atoms with Gasteiger partial charge in [0.25, 0.3) is 5.91 Å². The normalized spacial score (nSPS) is 16.3. The van der Waals surface area contributed by atoms with Gasteiger partial charge in [0, 0.05) is 24.9 Å². The first-order valence-electron chi connectivity index (χ1n) is 7.82. The first kappa shape index (κ1) is 16.9. The Bertz CT molecular complexity index is 793. The van der Waals surface area contributed by atoms with Crippen LogP contribution in [0.1, 0.15) is 22.1 Å². The number of aromatic hydroxyl groups is 2. The van der Waals surface area contributed by atoms with E-state index in [0.717, 1.165) is 0 Å². The Balaban J connectivity index is 2.06. The van der Waals surface area contributed by atoms with Crippen molar-refractivity contribution in [2.24, 2.45) is 0 Å². The van der Waals surface area contributed by atoms with Crippen LogP contribution in [0.2, 0.25) is 0 Å². The molecule has 1 amide bonds. The number of ether oxygens (including phenoxy) is 2. The molecule has 1 unspecified atom stereocenters. The number of fused-ring (bicyclic) bond motifs is 1. The average Bonchev–Trinajstić information content (AvgIpc) is 2.63. The van der Waals surface area contributed by atoms with Gasteiger partial charge in [-0.1, -0.05) is 12.1 Å². The van der Waals surface area contributed by atoms with Crippen molar-refractivity contribution in [3.05, 3.63) is 47.5 Å². The minimum Gasteiger partial charge on any atom is -0.504 e. The standard InChI is InChI=1S/C18H20N2O5/c1-24-8-7-20-17(11-9-14(21)16(22)15(10-11)25-2)19-13-6-4-3-5-12(13)18(20)23/h3-6,9-10,17,19,21-22H,7-8H2,1-2H3. The van der Waals surface area contributed by atoms with Gasteiger partial charge in [-0.2, -0.15) is 0 Å². The largest absolute Gasteiger partial charge is 0.504 e. The number of hydrogen-bond donors (Lipinski definition) is 3. The molecule has 1 heterocycles. The molecular weight excluding hydrogens is 324 g/mol. The SMILES string of the molecule is COCCN1C(=O)c2ccccc2NC1c1cc(O)c(O)c(OC)c1. The molecule has 25 heavy (non-hydrogen) atoms. The summed E-state index contributed by atoms with van der Waals surface area (Å²) in [7, 11) is 2.97. The van der Waals surface area contributed by atoms with Gasteiger partial charge in [-0.3, -0.25) is 4.79 Å². The summed E-state index contributed by atoms with van der Waals surface area (Å²) in [4.78, 5) is 14.5. The number of rotatable bonds is 5. The molecule has 0 radical (unpaired) electrons. The van der Waals surface area contributed by atoms with Crippen LogP contribution in [0.3, 0.4) is 0 Å². The van der Waals surface area contributed by atoms with Crippen molar-refractivity contribution in [2.45, 2.75) is 6.17 Å². The highest BCUT2D eigenvalue weighted by Gasteiger charge is 2.33. The van der Waals surface area contributed by atoms with Gasteiger partial charge in [-0.25, -0.2) is 0 Å². The summed E-state index contributed by atoms with van der Waals surface area (Å²) in [5, 5.41) is 23.1. The van der Waals surface area contributed by atoms with Crippen LogP contribution in [0.25, 0.3) is 0 Å². The van der Waals surface area contributed by atoms with Crippen molar-refractivity contribution in [1.82, 2.24) is 4.90 Å². The van der Waals surface area contributed by atoms with E-state index in [1.807, 2.05) is 18.2 Å². The number of nitrogens with zero attached hydrogens (tertiary/aromatic N) is 1. The van der Waals surface area contributed by atoms with Gasteiger partial charge in [-0.05, 0) is 24.3 Å². The summed E-state index contributed by atoms with van der Waals surface area (Å²) in [6.45, 7) is 0.735. The van der Waals surface area contributed by atoms with Crippen molar-refractivity contribution < 1.29 is 24.5 Å². The molecule has 132 valence electrons. The van der Waals surface area contributed by atoms with Crippen LogP contribution in [-0.2, 0) is 4.74 Å². The zero-order chi connectivity index (χ0) is 18.0. The first-order valence-corrected chi connectivity index (χ1v) is 7.82. The van der Waals surface area contributed by atoms with E-state index in [1.54, 1.807) is 24.1 Å². The molecule has 7 heteroatoms. The Kier molecular flexibility index (Phi) is 4.67. The first-order chi connectivity index (χ1) is 12.1. The van der Waals surface area contributed by atoms with Crippen LogP contribution in [0.5, 0.6) is 17.2 Å². The van der Waals surface area contributed by atoms with Gasteiger partial charge in [0.1, 0.15) is 6.17 Å². The van der Waals surface area contributed by atoms with Gasteiger partial charge in [-0.15, -0.1) is 0 Å². The number of phenolic OH excluding ortho intramolecular Hbond substituents is 2. The van der Waals surface area contributed by atoms with E-state index in [2.05, 4.69) is 5.32 Å². The van der Waals surface area contributed by atoms with Crippen molar-refractivity contribution in [2.75, 3.05) is 32.7 Å². The zero-order valence-electron chi connectivity index (χ0n) is 14.0. The highest BCUT2D eigenvalue weighted by Crippen LogP contribution is 2.41. The Morgan fingerprint density at radius 1 is 1.20 bits per heavy atom. The number of nitrogens with one attached hydrogen (secondary N) is 1. The Labute approximate surface area is 145 Å². The minimum absolute atomic E-state index is 0.134. The lowest BCUT2D eigenvalue weighted by Gasteiger charge is -2.38. The molecule has 0 spiro atoms. The minimum atomic E-state index is -0.530. The summed E-state index contributed by atoms with van der Waals surface area (Å²) in [5.41, 5.74) is 1.87. The second-order valence-corrected chi connectivity index (χ2v) is 5.67. The molecule has 3 N–H and O–H groups in total. The summed E-state index contributed by atoms with van der Waals surface area (Å²) in [6, 6.07) is 10.2. The van der Waals surface area contributed by atoms with Gasteiger partial charge in [0.2, 0.25) is 5.75 Å². The Morgan fingerprint density at radius 2 is 1.96 bits per heavy atom. The monoisotopic (exact) mass is 344 g/mol. The number of hydrogen-bond acceptors (Lipinski definition) is 6. The summed E-state index contributed by atoms with van der Waals surface area (Å²) < 4.78 is 10.2. The molecule has 7 nitrogen and oxygen atoms in total. The van der Waals surface area contributed by atoms with Crippen LogP contribution >= 0.6 is 0 Å². The van der Waals surface area contributed by atoms with Crippen LogP contribution in [-0.4, -0.2) is 48.4 Å². The van der Waals surface area contributed by atoms with Gasteiger partial charge in [0.15, 0.2) is 11.5 Å². The molecule has 0 aromatic heterocycles. The fourth-order valence-electron chi connectivity index (χ4n) is 2.90. The zero-order valence-corrected chi connectivity index (χ0v) is 14.0. The molecule has 0 saturated carbocycles. The molecule has 1 aliphatic heterocycles. The topological polar surface area (TPSA) is 91.3 Å². The summed E-state index contributed by atoms with van der Waals surface area (Å²) in [5.74, 6) is -0.649. The smallest absolute Gasteiger partial charge is 0.257 e. The molecule has 0 aliphatic carbocycles. The molecule has 0 fully saturated rings. The van der Waals surface area contributed by atoms with E-state index in [1.165, 1.54) is 13.2 Å². The maximum Gasteiger partial charge on any atom is 0.257 e. The van der Waals surface area contributed by atoms with E-state index >= 15 is 0 Å². The number of para-hydroxylation sites is 1. The Morgan fingerprint density at radius 3 is 2.68 bits per heavy atom. The number of benzene rings is 2. The lowest BCUT2D eigenvalue weighted by molar-refractivity contribution is 0.0609. The number of methoxy groups -OCH3 is 2. The van der Waals surface area contributed by atoms with E-state index in [4.69, 9.17) is 9.47 Å². The number of carbonyl (C=O) groups excluding carboxylic acids is 1. The third kappa shape index (κ3) is 3.06. The lowest BCUT2D eigenvalue weighted by Crippen LogP contribution is -2.44. The number of phenols is 2. The van der Waals surface area contributed by atoms with Crippen LogP contribution in [0.4, 0.5) is 5.69 Å². The molecular formula is C18H20N2O5. The van der Waals surface area contributed by atoms with Crippen molar-refractivity contribution >= 4 is 11.6 Å². The van der Waals surface area contributed by atoms with E-state index in [0.29, 0.717) is 30.0 Å².